The number of hydrogen-bond acceptors (Lipinski definition) is 6. The fourth-order valence-corrected chi connectivity index (χ4v) is 3.04. The van der Waals surface area contributed by atoms with E-state index in [1.807, 2.05) is 0 Å². The summed E-state index contributed by atoms with van der Waals surface area (Å²) in [6.45, 7) is 2.14. The first-order valence-electron chi connectivity index (χ1n) is 5.90. The Labute approximate surface area is 114 Å². The first kappa shape index (κ1) is 13.8. The summed E-state index contributed by atoms with van der Waals surface area (Å²) in [5, 5.41) is 13.7. The number of nitro groups is 1. The molecule has 1 saturated heterocycles. The van der Waals surface area contributed by atoms with E-state index in [4.69, 9.17) is 4.74 Å². The molecule has 0 spiro atoms. The molecule has 0 bridgehead atoms. The third-order valence-corrected chi connectivity index (χ3v) is 4.03. The molecule has 0 saturated carbocycles. The second kappa shape index (κ2) is 6.03. The third kappa shape index (κ3) is 3.24. The monoisotopic (exact) mass is 282 g/mol. The fraction of sp³-hybridized carbons (Fsp3) is 0.417. The number of benzene rings is 1. The van der Waals surface area contributed by atoms with Crippen molar-refractivity contribution < 1.29 is 14.5 Å². The molecule has 0 unspecified atom stereocenters. The lowest BCUT2D eigenvalue weighted by Crippen LogP contribution is -2.35. The van der Waals surface area contributed by atoms with Crippen molar-refractivity contribution in [2.75, 3.05) is 12.4 Å². The van der Waals surface area contributed by atoms with E-state index in [1.165, 1.54) is 12.1 Å². The van der Waals surface area contributed by atoms with E-state index in [0.29, 0.717) is 12.4 Å². The van der Waals surface area contributed by atoms with Crippen LogP contribution in [0.2, 0.25) is 0 Å². The van der Waals surface area contributed by atoms with E-state index in [1.54, 1.807) is 30.8 Å². The lowest BCUT2D eigenvalue weighted by Gasteiger charge is -2.12. The van der Waals surface area contributed by atoms with Gasteiger partial charge in [0.15, 0.2) is 0 Å². The first-order chi connectivity index (χ1) is 9.11. The number of nitrogens with zero attached hydrogens (tertiary/aromatic N) is 1. The number of ether oxygens (including phenoxy) is 1. The van der Waals surface area contributed by atoms with Crippen molar-refractivity contribution in [3.05, 3.63) is 39.9 Å². The van der Waals surface area contributed by atoms with E-state index >= 15 is 0 Å². The predicted octanol–water partition coefficient (Wildman–Crippen LogP) is 1.86. The van der Waals surface area contributed by atoms with Gasteiger partial charge in [0.2, 0.25) is 0 Å². The molecule has 7 heteroatoms. The van der Waals surface area contributed by atoms with Crippen LogP contribution in [-0.4, -0.2) is 29.3 Å². The number of hydrogen-bond donors (Lipinski definition) is 1. The van der Waals surface area contributed by atoms with E-state index in [0.717, 1.165) is 5.56 Å². The van der Waals surface area contributed by atoms with Crippen molar-refractivity contribution >= 4 is 23.4 Å². The second-order valence-corrected chi connectivity index (χ2v) is 5.17. The zero-order valence-corrected chi connectivity index (χ0v) is 11.2. The summed E-state index contributed by atoms with van der Waals surface area (Å²) < 4.78 is 4.96. The molecule has 1 aliphatic heterocycles. The highest BCUT2D eigenvalue weighted by Gasteiger charge is 2.31. The van der Waals surface area contributed by atoms with Crippen molar-refractivity contribution in [1.29, 1.82) is 0 Å². The van der Waals surface area contributed by atoms with Crippen LogP contribution in [0.25, 0.3) is 0 Å². The van der Waals surface area contributed by atoms with Gasteiger partial charge in [-0.15, -0.1) is 11.8 Å². The molecule has 19 heavy (non-hydrogen) atoms. The van der Waals surface area contributed by atoms with E-state index in [-0.39, 0.29) is 23.1 Å². The van der Waals surface area contributed by atoms with Crippen molar-refractivity contribution in [2.45, 2.75) is 18.3 Å². The lowest BCUT2D eigenvalue weighted by molar-refractivity contribution is -0.384. The van der Waals surface area contributed by atoms with Gasteiger partial charge in [-0.25, -0.2) is 0 Å². The molecule has 0 radical (unpaired) electrons. The van der Waals surface area contributed by atoms with Crippen LogP contribution in [0.5, 0.6) is 0 Å². The summed E-state index contributed by atoms with van der Waals surface area (Å²) in [6.07, 6.45) is 0. The van der Waals surface area contributed by atoms with Gasteiger partial charge in [0.05, 0.1) is 16.9 Å². The molecule has 1 fully saturated rings. The highest BCUT2D eigenvalue weighted by molar-refractivity contribution is 7.99. The topological polar surface area (TPSA) is 81.5 Å². The van der Waals surface area contributed by atoms with Crippen LogP contribution in [-0.2, 0) is 9.53 Å². The lowest BCUT2D eigenvalue weighted by atomic mass is 10.2. The molecule has 2 rings (SSSR count). The molecule has 1 aliphatic rings. The Balaban J connectivity index is 2.00. The highest BCUT2D eigenvalue weighted by atomic mass is 32.2. The van der Waals surface area contributed by atoms with Gasteiger partial charge in [0.1, 0.15) is 6.04 Å². The van der Waals surface area contributed by atoms with Crippen molar-refractivity contribution in [3.63, 3.8) is 0 Å². The highest BCUT2D eigenvalue weighted by Crippen LogP contribution is 2.33. The molecule has 1 N–H and O–H groups in total. The Kier molecular flexibility index (Phi) is 4.39. The maximum Gasteiger partial charge on any atom is 0.324 e. The second-order valence-electron chi connectivity index (χ2n) is 4.03. The van der Waals surface area contributed by atoms with Gasteiger partial charge in [-0.05, 0) is 24.6 Å². The van der Waals surface area contributed by atoms with Gasteiger partial charge < -0.3 is 4.74 Å². The summed E-state index contributed by atoms with van der Waals surface area (Å²) in [7, 11) is 0. The zero-order valence-electron chi connectivity index (χ0n) is 10.4. The van der Waals surface area contributed by atoms with Crippen LogP contribution in [0, 0.1) is 10.1 Å². The Morgan fingerprint density at radius 3 is 2.79 bits per heavy atom. The Morgan fingerprint density at radius 1 is 1.53 bits per heavy atom. The predicted molar refractivity (Wildman–Crippen MR) is 71.9 cm³/mol. The maximum absolute atomic E-state index is 11.6. The van der Waals surface area contributed by atoms with Gasteiger partial charge >= 0.3 is 5.97 Å². The van der Waals surface area contributed by atoms with Gasteiger partial charge in [0.25, 0.3) is 5.69 Å². The first-order valence-corrected chi connectivity index (χ1v) is 6.95. The minimum absolute atomic E-state index is 0.0322. The number of nitrogens with one attached hydrogen (secondary N) is 1. The van der Waals surface area contributed by atoms with Crippen LogP contribution >= 0.6 is 11.8 Å². The van der Waals surface area contributed by atoms with Crippen molar-refractivity contribution in [2.24, 2.45) is 0 Å². The molecule has 0 amide bonds. The van der Waals surface area contributed by atoms with Gasteiger partial charge in [-0.2, -0.15) is 0 Å². The molecule has 1 heterocycles. The molecule has 1 aromatic carbocycles. The molecule has 2 atom stereocenters. The molecule has 6 nitrogen and oxygen atoms in total. The minimum atomic E-state index is -0.430. The molecule has 1 aromatic rings. The minimum Gasteiger partial charge on any atom is -0.465 e. The number of thioether (sulfide) groups is 1. The van der Waals surface area contributed by atoms with Crippen LogP contribution in [0.15, 0.2) is 24.3 Å². The average molecular weight is 282 g/mol. The summed E-state index contributed by atoms with van der Waals surface area (Å²) in [5.41, 5.74) is 0.982. The summed E-state index contributed by atoms with van der Waals surface area (Å²) in [6, 6.07) is 6.03. The summed E-state index contributed by atoms with van der Waals surface area (Å²) in [4.78, 5) is 21.7. The van der Waals surface area contributed by atoms with E-state index < -0.39 is 4.92 Å². The van der Waals surface area contributed by atoms with Gasteiger partial charge in [-0.1, -0.05) is 0 Å². The normalized spacial score (nSPS) is 22.2. The van der Waals surface area contributed by atoms with E-state index in [9.17, 15) is 14.9 Å². The summed E-state index contributed by atoms with van der Waals surface area (Å²) in [5.74, 6) is 0.389. The number of esters is 1. The van der Waals surface area contributed by atoms with Gasteiger partial charge in [0, 0.05) is 17.9 Å². The van der Waals surface area contributed by atoms with Crippen molar-refractivity contribution in [1.82, 2.24) is 5.32 Å². The number of rotatable bonds is 4. The number of carbonyl (C=O) groups excluding carboxylic acids is 1. The standard InChI is InChI=1S/C12H14N2O4S/c1-2-18-12(15)10-7-19-11(13-10)8-3-5-9(6-4-8)14(16)17/h3-6,10-11,13H,2,7H2,1H3/t10-,11-/m0/s1. The third-order valence-electron chi connectivity index (χ3n) is 2.76. The number of non-ortho nitro benzene ring substituents is 1. The number of nitro benzene ring substituents is 1. The molecule has 102 valence electrons. The zero-order chi connectivity index (χ0) is 13.8. The molecule has 0 aromatic heterocycles. The van der Waals surface area contributed by atoms with Crippen molar-refractivity contribution in [3.8, 4) is 0 Å². The summed E-state index contributed by atoms with van der Waals surface area (Å²) >= 11 is 1.59. The van der Waals surface area contributed by atoms with Crippen LogP contribution in [0.4, 0.5) is 5.69 Å². The van der Waals surface area contributed by atoms with Crippen LogP contribution < -0.4 is 5.32 Å². The number of carbonyl (C=O) groups is 1. The molecule has 0 aliphatic carbocycles. The van der Waals surface area contributed by atoms with E-state index in [2.05, 4.69) is 5.32 Å². The largest absolute Gasteiger partial charge is 0.465 e. The smallest absolute Gasteiger partial charge is 0.324 e. The molecular weight excluding hydrogens is 268 g/mol. The Bertz CT molecular complexity index is 477. The molecular formula is C12H14N2O4S. The Hall–Kier alpha value is -1.60. The quantitative estimate of drug-likeness (QED) is 0.515. The van der Waals surface area contributed by atoms with Crippen LogP contribution in [0.1, 0.15) is 17.9 Å². The van der Waals surface area contributed by atoms with Gasteiger partial charge in [-0.3, -0.25) is 20.2 Å². The van der Waals surface area contributed by atoms with Crippen LogP contribution in [0.3, 0.4) is 0 Å². The average Bonchev–Trinajstić information content (AvgIpc) is 2.89. The SMILES string of the molecule is CCOC(=O)[C@@H]1CS[C@@H](c2ccc([N+](=O)[O-])cc2)N1. The maximum atomic E-state index is 11.6. The Morgan fingerprint density at radius 2 is 2.21 bits per heavy atom. The fourth-order valence-electron chi connectivity index (χ4n) is 1.81.